The maximum Gasteiger partial charge on any atom is 0.343 e. The van der Waals surface area contributed by atoms with Crippen LogP contribution in [0.2, 0.25) is 0 Å². The fraction of sp³-hybridized carbons (Fsp3) is 0.429. The van der Waals surface area contributed by atoms with Crippen LogP contribution in [0.25, 0.3) is 0 Å². The summed E-state index contributed by atoms with van der Waals surface area (Å²) in [5.41, 5.74) is 0.636. The molecule has 0 aromatic heterocycles. The highest BCUT2D eigenvalue weighted by atomic mass is 16.5. The molecule has 0 aliphatic heterocycles. The number of carbonyl (C=O) groups excluding carboxylic acids is 4. The second-order valence-corrected chi connectivity index (χ2v) is 12.8. The molecule has 0 heterocycles. The predicted molar refractivity (Wildman–Crippen MR) is 197 cm³/mol. The topological polar surface area (TPSA) is 144 Å². The van der Waals surface area contributed by atoms with E-state index in [0.717, 1.165) is 70.3 Å². The second kappa shape index (κ2) is 22.8. The number of aliphatic hydroxyl groups excluding tert-OH is 1. The highest BCUT2D eigenvalue weighted by Crippen LogP contribution is 2.28. The third kappa shape index (κ3) is 14.9. The Morgan fingerprint density at radius 2 is 1.06 bits per heavy atom. The van der Waals surface area contributed by atoms with Crippen LogP contribution in [-0.4, -0.2) is 61.5 Å². The minimum atomic E-state index is -0.590. The summed E-state index contributed by atoms with van der Waals surface area (Å²) >= 11 is 0. The van der Waals surface area contributed by atoms with E-state index in [1.807, 2.05) is 0 Å². The summed E-state index contributed by atoms with van der Waals surface area (Å²) < 4.78 is 33.2. The van der Waals surface area contributed by atoms with Gasteiger partial charge in [0.15, 0.2) is 0 Å². The number of hydrogen-bond donors (Lipinski definition) is 1. The Morgan fingerprint density at radius 3 is 1.60 bits per heavy atom. The van der Waals surface area contributed by atoms with Crippen LogP contribution in [0.4, 0.5) is 0 Å². The largest absolute Gasteiger partial charge is 0.494 e. The zero-order valence-electron chi connectivity index (χ0n) is 30.2. The van der Waals surface area contributed by atoms with E-state index in [1.165, 1.54) is 36.4 Å². The first kappa shape index (κ1) is 40.8. The van der Waals surface area contributed by atoms with Crippen molar-refractivity contribution in [2.45, 2.75) is 83.2 Å². The Bertz CT molecular complexity index is 1570. The van der Waals surface area contributed by atoms with Crippen molar-refractivity contribution in [1.82, 2.24) is 0 Å². The van der Waals surface area contributed by atoms with Gasteiger partial charge in [0.1, 0.15) is 23.0 Å². The van der Waals surface area contributed by atoms with Gasteiger partial charge in [0.05, 0.1) is 36.4 Å². The lowest BCUT2D eigenvalue weighted by Gasteiger charge is -2.27. The number of esters is 4. The molecule has 53 heavy (non-hydrogen) atoms. The highest BCUT2D eigenvalue weighted by molar-refractivity contribution is 5.92. The molecule has 284 valence electrons. The van der Waals surface area contributed by atoms with Gasteiger partial charge in [0, 0.05) is 19.3 Å². The lowest BCUT2D eigenvalue weighted by Crippen LogP contribution is -2.29. The molecule has 1 aliphatic rings. The molecule has 4 rings (SSSR count). The van der Waals surface area contributed by atoms with Gasteiger partial charge in [-0.25, -0.2) is 14.4 Å². The van der Waals surface area contributed by atoms with E-state index in [2.05, 4.69) is 6.58 Å². The van der Waals surface area contributed by atoms with Crippen LogP contribution >= 0.6 is 0 Å². The van der Waals surface area contributed by atoms with Crippen LogP contribution in [0, 0.1) is 5.92 Å². The van der Waals surface area contributed by atoms with E-state index in [0.29, 0.717) is 49.7 Å². The Kier molecular flexibility index (Phi) is 17.6. The summed E-state index contributed by atoms with van der Waals surface area (Å²) in [6.07, 6.45) is 11.7. The summed E-state index contributed by atoms with van der Waals surface area (Å²) in [4.78, 5) is 49.2. The quantitative estimate of drug-likeness (QED) is 0.0468. The number of ether oxygens (including phenoxy) is 6. The standard InChI is InChI=1S/C42H50O11/c1-2-39(44)50-30-10-6-5-9-29-49-35-19-13-32(14-20-35)41(46)52-37-23-25-38(26-24-37)53-42(47)33-15-21-36(22-16-33)51-40(45)31-11-17-34(18-12-31)48-28-8-4-3-7-27-43/h2,13-16,19-26,31,34,43H,1,3-12,17-18,27-30H2. The average molecular weight is 731 g/mol. The van der Waals surface area contributed by atoms with Crippen LogP contribution < -0.4 is 18.9 Å². The molecule has 1 aliphatic carbocycles. The van der Waals surface area contributed by atoms with Crippen molar-refractivity contribution in [3.63, 3.8) is 0 Å². The van der Waals surface area contributed by atoms with Gasteiger partial charge >= 0.3 is 23.9 Å². The molecule has 1 saturated carbocycles. The maximum absolute atomic E-state index is 12.8. The van der Waals surface area contributed by atoms with E-state index in [9.17, 15) is 19.2 Å². The first-order valence-corrected chi connectivity index (χ1v) is 18.5. The predicted octanol–water partition coefficient (Wildman–Crippen LogP) is 7.83. The lowest BCUT2D eigenvalue weighted by molar-refractivity contribution is -0.141. The van der Waals surface area contributed by atoms with Gasteiger partial charge in [-0.1, -0.05) is 19.4 Å². The van der Waals surface area contributed by atoms with Crippen molar-refractivity contribution in [3.8, 4) is 23.0 Å². The molecule has 0 bridgehead atoms. The van der Waals surface area contributed by atoms with Gasteiger partial charge in [-0.15, -0.1) is 0 Å². The molecular formula is C42H50O11. The fourth-order valence-electron chi connectivity index (χ4n) is 5.72. The first-order chi connectivity index (χ1) is 25.8. The number of aliphatic hydroxyl groups is 1. The normalized spacial score (nSPS) is 15.2. The molecule has 0 saturated heterocycles. The van der Waals surface area contributed by atoms with Crippen LogP contribution in [0.1, 0.15) is 97.8 Å². The Hall–Kier alpha value is -5.00. The number of hydrogen-bond acceptors (Lipinski definition) is 11. The average Bonchev–Trinajstić information content (AvgIpc) is 3.18. The summed E-state index contributed by atoms with van der Waals surface area (Å²) in [5, 5.41) is 8.86. The van der Waals surface area contributed by atoms with E-state index in [4.69, 9.17) is 33.5 Å². The van der Waals surface area contributed by atoms with Gasteiger partial charge in [-0.2, -0.15) is 0 Å². The number of rotatable bonds is 22. The second-order valence-electron chi connectivity index (χ2n) is 12.8. The molecule has 0 radical (unpaired) electrons. The van der Waals surface area contributed by atoms with Crippen molar-refractivity contribution >= 4 is 23.9 Å². The molecule has 11 nitrogen and oxygen atoms in total. The van der Waals surface area contributed by atoms with Gasteiger partial charge < -0.3 is 33.5 Å². The monoisotopic (exact) mass is 730 g/mol. The lowest BCUT2D eigenvalue weighted by atomic mass is 9.87. The minimum Gasteiger partial charge on any atom is -0.494 e. The summed E-state index contributed by atoms with van der Waals surface area (Å²) in [5.74, 6) is -0.462. The highest BCUT2D eigenvalue weighted by Gasteiger charge is 2.28. The van der Waals surface area contributed by atoms with E-state index >= 15 is 0 Å². The Labute approximate surface area is 311 Å². The van der Waals surface area contributed by atoms with Crippen molar-refractivity contribution in [2.75, 3.05) is 26.4 Å². The smallest absolute Gasteiger partial charge is 0.343 e. The molecule has 0 amide bonds. The van der Waals surface area contributed by atoms with Crippen LogP contribution in [0.15, 0.2) is 85.5 Å². The summed E-state index contributed by atoms with van der Waals surface area (Å²) in [7, 11) is 0. The molecule has 0 atom stereocenters. The van der Waals surface area contributed by atoms with Crippen molar-refractivity contribution in [2.24, 2.45) is 5.92 Å². The summed E-state index contributed by atoms with van der Waals surface area (Å²) in [6.45, 7) is 5.21. The SMILES string of the molecule is C=CC(=O)OCCCCCCOc1ccc(C(=O)Oc2ccc(OC(=O)c3ccc(OC(=O)C4CCC(OCCCCCCO)CC4)cc3)cc2)cc1. The van der Waals surface area contributed by atoms with Crippen LogP contribution in [0.5, 0.6) is 23.0 Å². The van der Waals surface area contributed by atoms with Crippen molar-refractivity contribution in [1.29, 1.82) is 0 Å². The molecule has 3 aromatic carbocycles. The Morgan fingerprint density at radius 1 is 0.585 bits per heavy atom. The Balaban J connectivity index is 1.12. The molecule has 3 aromatic rings. The molecule has 11 heteroatoms. The zero-order valence-corrected chi connectivity index (χ0v) is 30.2. The van der Waals surface area contributed by atoms with E-state index < -0.39 is 17.9 Å². The van der Waals surface area contributed by atoms with Crippen LogP contribution in [0.3, 0.4) is 0 Å². The van der Waals surface area contributed by atoms with Gasteiger partial charge in [-0.05, 0) is 137 Å². The molecular weight excluding hydrogens is 680 g/mol. The van der Waals surface area contributed by atoms with E-state index in [1.54, 1.807) is 36.4 Å². The number of benzene rings is 3. The zero-order chi connectivity index (χ0) is 37.7. The third-order valence-electron chi connectivity index (χ3n) is 8.78. The van der Waals surface area contributed by atoms with E-state index in [-0.39, 0.29) is 41.7 Å². The molecule has 0 unspecified atom stereocenters. The minimum absolute atomic E-state index is 0.168. The maximum atomic E-state index is 12.8. The molecule has 1 N–H and O–H groups in total. The number of carbonyl (C=O) groups is 4. The number of unbranched alkanes of at least 4 members (excludes halogenated alkanes) is 6. The van der Waals surface area contributed by atoms with Gasteiger partial charge in [0.25, 0.3) is 0 Å². The summed E-state index contributed by atoms with van der Waals surface area (Å²) in [6, 6.07) is 19.0. The van der Waals surface area contributed by atoms with Crippen LogP contribution in [-0.2, 0) is 19.1 Å². The van der Waals surface area contributed by atoms with Gasteiger partial charge in [0.2, 0.25) is 0 Å². The fourth-order valence-corrected chi connectivity index (χ4v) is 5.72. The first-order valence-electron chi connectivity index (χ1n) is 18.5. The third-order valence-corrected chi connectivity index (χ3v) is 8.78. The van der Waals surface area contributed by atoms with Gasteiger partial charge in [-0.3, -0.25) is 4.79 Å². The molecule has 0 spiro atoms. The molecule has 1 fully saturated rings. The van der Waals surface area contributed by atoms with Crippen molar-refractivity contribution < 1.29 is 52.7 Å². The van der Waals surface area contributed by atoms with Crippen molar-refractivity contribution in [3.05, 3.63) is 96.6 Å².